The van der Waals surface area contributed by atoms with Crippen LogP contribution in [-0.2, 0) is 0 Å². The van der Waals surface area contributed by atoms with Crippen LogP contribution in [0, 0.1) is 0 Å². The third-order valence-corrected chi connectivity index (χ3v) is 6.36. The summed E-state index contributed by atoms with van der Waals surface area (Å²) in [5.74, 6) is 1.33. The van der Waals surface area contributed by atoms with Crippen molar-refractivity contribution in [3.8, 4) is 9.88 Å². The van der Waals surface area contributed by atoms with Crippen LogP contribution in [0.5, 0.6) is 0 Å². The standard InChI is InChI=1S/C14H18N4S2/c15-14-18-17-13(20-14)11-10(8-6-7-8)16-12(19-11)9-4-2-1-3-5-9/h8-9H,1-7H2,(H2,15,18). The van der Waals surface area contributed by atoms with Gasteiger partial charge in [0.2, 0.25) is 5.13 Å². The Kier molecular flexibility index (Phi) is 3.22. The van der Waals surface area contributed by atoms with Crippen LogP contribution in [0.1, 0.15) is 67.5 Å². The van der Waals surface area contributed by atoms with Gasteiger partial charge in [-0.15, -0.1) is 21.5 Å². The van der Waals surface area contributed by atoms with Crippen molar-refractivity contribution < 1.29 is 0 Å². The van der Waals surface area contributed by atoms with Crippen molar-refractivity contribution in [2.75, 3.05) is 5.73 Å². The molecule has 0 aliphatic heterocycles. The maximum atomic E-state index is 5.74. The molecule has 0 spiro atoms. The fourth-order valence-corrected chi connectivity index (χ4v) is 5.00. The molecule has 2 aromatic heterocycles. The molecule has 0 atom stereocenters. The van der Waals surface area contributed by atoms with Crippen molar-refractivity contribution in [3.05, 3.63) is 10.7 Å². The van der Waals surface area contributed by atoms with E-state index >= 15 is 0 Å². The molecule has 0 radical (unpaired) electrons. The molecule has 4 nitrogen and oxygen atoms in total. The van der Waals surface area contributed by atoms with Gasteiger partial charge in [0, 0.05) is 11.8 Å². The summed E-state index contributed by atoms with van der Waals surface area (Å²) in [5.41, 5.74) is 7.01. The second-order valence-corrected chi connectivity index (χ2v) is 7.86. The lowest BCUT2D eigenvalue weighted by molar-refractivity contribution is 0.442. The summed E-state index contributed by atoms with van der Waals surface area (Å²) in [6.07, 6.45) is 9.24. The van der Waals surface area contributed by atoms with E-state index in [0.29, 0.717) is 17.0 Å². The number of nitrogen functional groups attached to an aromatic ring is 1. The largest absolute Gasteiger partial charge is 0.374 e. The molecule has 2 N–H and O–H groups in total. The minimum Gasteiger partial charge on any atom is -0.374 e. The van der Waals surface area contributed by atoms with Crippen LogP contribution in [0.15, 0.2) is 0 Å². The molecule has 0 bridgehead atoms. The lowest BCUT2D eigenvalue weighted by Crippen LogP contribution is -2.04. The number of hydrogen-bond acceptors (Lipinski definition) is 6. The average molecular weight is 306 g/mol. The highest BCUT2D eigenvalue weighted by Gasteiger charge is 2.32. The SMILES string of the molecule is Nc1nnc(-c2sc(C3CCCCC3)nc2C2CC2)s1. The zero-order chi connectivity index (χ0) is 13.5. The summed E-state index contributed by atoms with van der Waals surface area (Å²) in [6.45, 7) is 0. The molecule has 20 heavy (non-hydrogen) atoms. The average Bonchev–Trinajstić information content (AvgIpc) is 3.08. The fraction of sp³-hybridized carbons (Fsp3) is 0.643. The van der Waals surface area contributed by atoms with Crippen molar-refractivity contribution in [3.63, 3.8) is 0 Å². The van der Waals surface area contributed by atoms with Crippen LogP contribution < -0.4 is 5.73 Å². The summed E-state index contributed by atoms with van der Waals surface area (Å²) in [5, 5.41) is 11.0. The van der Waals surface area contributed by atoms with Crippen LogP contribution in [0.3, 0.4) is 0 Å². The number of hydrogen-bond donors (Lipinski definition) is 1. The number of nitrogens with two attached hydrogens (primary N) is 1. The molecular weight excluding hydrogens is 288 g/mol. The van der Waals surface area contributed by atoms with Gasteiger partial charge in [0.25, 0.3) is 0 Å². The first-order valence-corrected chi connectivity index (χ1v) is 9.04. The van der Waals surface area contributed by atoms with E-state index < -0.39 is 0 Å². The van der Waals surface area contributed by atoms with E-state index in [0.717, 1.165) is 5.01 Å². The molecule has 0 unspecified atom stereocenters. The van der Waals surface area contributed by atoms with Gasteiger partial charge in [0.15, 0.2) is 5.01 Å². The molecule has 6 heteroatoms. The van der Waals surface area contributed by atoms with Gasteiger partial charge in [0.1, 0.15) is 0 Å². The van der Waals surface area contributed by atoms with Gasteiger partial charge < -0.3 is 5.73 Å². The highest BCUT2D eigenvalue weighted by Crippen LogP contribution is 2.48. The van der Waals surface area contributed by atoms with Crippen molar-refractivity contribution in [2.24, 2.45) is 0 Å². The maximum absolute atomic E-state index is 5.74. The Morgan fingerprint density at radius 3 is 2.35 bits per heavy atom. The van der Waals surface area contributed by atoms with Crippen molar-refractivity contribution in [1.29, 1.82) is 0 Å². The minimum atomic E-state index is 0.550. The van der Waals surface area contributed by atoms with E-state index in [1.54, 1.807) is 0 Å². The normalized spacial score (nSPS) is 20.4. The maximum Gasteiger partial charge on any atom is 0.203 e. The van der Waals surface area contributed by atoms with E-state index in [4.69, 9.17) is 10.7 Å². The molecule has 106 valence electrons. The number of thiazole rings is 1. The molecule has 2 fully saturated rings. The first kappa shape index (κ1) is 12.7. The Morgan fingerprint density at radius 2 is 1.70 bits per heavy atom. The molecule has 2 heterocycles. The molecule has 2 aliphatic rings. The Balaban J connectivity index is 1.71. The van der Waals surface area contributed by atoms with E-state index in [-0.39, 0.29) is 0 Å². The van der Waals surface area contributed by atoms with Crippen LogP contribution in [0.25, 0.3) is 9.88 Å². The lowest BCUT2D eigenvalue weighted by atomic mass is 9.90. The Morgan fingerprint density at radius 1 is 0.900 bits per heavy atom. The lowest BCUT2D eigenvalue weighted by Gasteiger charge is -2.18. The molecular formula is C14H18N4S2. The van der Waals surface area contributed by atoms with E-state index in [1.165, 1.54) is 71.9 Å². The molecule has 2 aliphatic carbocycles. The monoisotopic (exact) mass is 306 g/mol. The predicted molar refractivity (Wildman–Crippen MR) is 83.2 cm³/mol. The topological polar surface area (TPSA) is 64.7 Å². The van der Waals surface area contributed by atoms with Crippen molar-refractivity contribution in [2.45, 2.75) is 56.8 Å². The zero-order valence-electron chi connectivity index (χ0n) is 11.3. The van der Waals surface area contributed by atoms with Gasteiger partial charge in [-0.2, -0.15) is 0 Å². The Labute approximate surface area is 126 Å². The van der Waals surface area contributed by atoms with Gasteiger partial charge in [-0.1, -0.05) is 30.6 Å². The quantitative estimate of drug-likeness (QED) is 0.924. The molecule has 0 aromatic carbocycles. The van der Waals surface area contributed by atoms with E-state index in [2.05, 4.69) is 10.2 Å². The number of nitrogens with zero attached hydrogens (tertiary/aromatic N) is 3. The molecule has 2 aromatic rings. The second-order valence-electron chi connectivity index (χ2n) is 5.82. The van der Waals surface area contributed by atoms with Crippen LogP contribution in [0.2, 0.25) is 0 Å². The first-order chi connectivity index (χ1) is 9.81. The third kappa shape index (κ3) is 2.35. The van der Waals surface area contributed by atoms with E-state index in [1.807, 2.05) is 11.3 Å². The Hall–Kier alpha value is -1.01. The molecule has 0 saturated heterocycles. The summed E-state index contributed by atoms with van der Waals surface area (Å²) in [7, 11) is 0. The molecule has 4 rings (SSSR count). The van der Waals surface area contributed by atoms with Gasteiger partial charge in [-0.25, -0.2) is 4.98 Å². The van der Waals surface area contributed by atoms with Gasteiger partial charge in [-0.05, 0) is 25.7 Å². The summed E-state index contributed by atoms with van der Waals surface area (Å²) in [6, 6.07) is 0. The zero-order valence-corrected chi connectivity index (χ0v) is 13.0. The number of rotatable bonds is 3. The number of anilines is 1. The van der Waals surface area contributed by atoms with Gasteiger partial charge in [-0.3, -0.25) is 0 Å². The minimum absolute atomic E-state index is 0.550. The van der Waals surface area contributed by atoms with Crippen LogP contribution in [-0.4, -0.2) is 15.2 Å². The highest BCUT2D eigenvalue weighted by atomic mass is 32.1. The van der Waals surface area contributed by atoms with E-state index in [9.17, 15) is 0 Å². The predicted octanol–water partition coefficient (Wildman–Crippen LogP) is 4.17. The number of aromatic nitrogens is 3. The van der Waals surface area contributed by atoms with Gasteiger partial charge >= 0.3 is 0 Å². The van der Waals surface area contributed by atoms with Crippen LogP contribution in [0.4, 0.5) is 5.13 Å². The van der Waals surface area contributed by atoms with Crippen molar-refractivity contribution in [1.82, 2.24) is 15.2 Å². The first-order valence-electron chi connectivity index (χ1n) is 7.41. The fourth-order valence-electron chi connectivity index (χ4n) is 2.99. The van der Waals surface area contributed by atoms with Crippen molar-refractivity contribution >= 4 is 27.8 Å². The third-order valence-electron chi connectivity index (χ3n) is 4.22. The van der Waals surface area contributed by atoms with Gasteiger partial charge in [0.05, 0.1) is 15.6 Å². The van der Waals surface area contributed by atoms with Crippen LogP contribution >= 0.6 is 22.7 Å². The highest BCUT2D eigenvalue weighted by molar-refractivity contribution is 7.23. The summed E-state index contributed by atoms with van der Waals surface area (Å²) < 4.78 is 0. The molecule has 0 amide bonds. The second kappa shape index (κ2) is 5.07. The summed E-state index contributed by atoms with van der Waals surface area (Å²) >= 11 is 3.33. The Bertz CT molecular complexity index is 608. The molecule has 2 saturated carbocycles. The smallest absolute Gasteiger partial charge is 0.203 e. The summed E-state index contributed by atoms with van der Waals surface area (Å²) in [4.78, 5) is 6.24.